The standard InChI is InChI=1S/C11H21N5/c1-5-6-9(3)16(4)10-7-8(2)13-11(14-10)15-12/h7,9H,5-6,12H2,1-4H3,(H,13,14,15). The van der Waals surface area contributed by atoms with Crippen LogP contribution in [0.15, 0.2) is 6.07 Å². The van der Waals surface area contributed by atoms with E-state index < -0.39 is 0 Å². The Hall–Kier alpha value is -1.36. The van der Waals surface area contributed by atoms with Gasteiger partial charge in [0.15, 0.2) is 0 Å². The number of hydrazine groups is 1. The quantitative estimate of drug-likeness (QED) is 0.587. The molecule has 16 heavy (non-hydrogen) atoms. The first-order chi connectivity index (χ1) is 7.58. The fourth-order valence-electron chi connectivity index (χ4n) is 1.63. The van der Waals surface area contributed by atoms with Gasteiger partial charge in [0.05, 0.1) is 0 Å². The summed E-state index contributed by atoms with van der Waals surface area (Å²) >= 11 is 0. The maximum atomic E-state index is 5.33. The summed E-state index contributed by atoms with van der Waals surface area (Å²) in [5.74, 6) is 6.70. The molecule has 0 saturated carbocycles. The molecule has 0 aromatic carbocycles. The second-order valence-electron chi connectivity index (χ2n) is 4.08. The van der Waals surface area contributed by atoms with E-state index in [1.54, 1.807) is 0 Å². The van der Waals surface area contributed by atoms with Crippen molar-refractivity contribution in [3.05, 3.63) is 11.8 Å². The first kappa shape index (κ1) is 12.7. The van der Waals surface area contributed by atoms with E-state index in [2.05, 4.69) is 34.1 Å². The molecule has 1 aromatic heterocycles. The average Bonchev–Trinajstić information content (AvgIpc) is 2.27. The van der Waals surface area contributed by atoms with Crippen LogP contribution in [0, 0.1) is 6.92 Å². The van der Waals surface area contributed by atoms with Crippen LogP contribution < -0.4 is 16.2 Å². The third-order valence-electron chi connectivity index (χ3n) is 2.70. The Morgan fingerprint density at radius 2 is 2.19 bits per heavy atom. The summed E-state index contributed by atoms with van der Waals surface area (Å²) in [5, 5.41) is 0. The van der Waals surface area contributed by atoms with Gasteiger partial charge in [0, 0.05) is 24.8 Å². The molecule has 1 rings (SSSR count). The van der Waals surface area contributed by atoms with Gasteiger partial charge in [0.2, 0.25) is 5.95 Å². The molecular formula is C11H21N5. The molecule has 0 aliphatic heterocycles. The highest BCUT2D eigenvalue weighted by molar-refractivity contribution is 5.44. The summed E-state index contributed by atoms with van der Waals surface area (Å²) in [6.07, 6.45) is 2.31. The Balaban J connectivity index is 2.89. The minimum Gasteiger partial charge on any atom is -0.357 e. The van der Waals surface area contributed by atoms with Crippen molar-refractivity contribution >= 4 is 11.8 Å². The maximum Gasteiger partial charge on any atom is 0.239 e. The van der Waals surface area contributed by atoms with Crippen molar-refractivity contribution in [3.8, 4) is 0 Å². The van der Waals surface area contributed by atoms with Crippen molar-refractivity contribution in [2.24, 2.45) is 5.84 Å². The number of nitrogen functional groups attached to an aromatic ring is 1. The maximum absolute atomic E-state index is 5.33. The molecule has 5 heteroatoms. The fourth-order valence-corrected chi connectivity index (χ4v) is 1.63. The van der Waals surface area contributed by atoms with Crippen LogP contribution in [0.5, 0.6) is 0 Å². The highest BCUT2D eigenvalue weighted by atomic mass is 15.3. The van der Waals surface area contributed by atoms with Crippen LogP contribution in [0.2, 0.25) is 0 Å². The third-order valence-corrected chi connectivity index (χ3v) is 2.70. The van der Waals surface area contributed by atoms with Gasteiger partial charge in [-0.2, -0.15) is 4.98 Å². The Bertz CT molecular complexity index is 339. The van der Waals surface area contributed by atoms with Gasteiger partial charge in [0.25, 0.3) is 0 Å². The Morgan fingerprint density at radius 3 is 2.75 bits per heavy atom. The van der Waals surface area contributed by atoms with Crippen molar-refractivity contribution in [2.75, 3.05) is 17.4 Å². The Labute approximate surface area is 97.0 Å². The normalized spacial score (nSPS) is 12.3. The minimum absolute atomic E-state index is 0.463. The monoisotopic (exact) mass is 223 g/mol. The van der Waals surface area contributed by atoms with E-state index in [1.807, 2.05) is 20.0 Å². The largest absolute Gasteiger partial charge is 0.357 e. The van der Waals surface area contributed by atoms with Crippen LogP contribution in [-0.4, -0.2) is 23.1 Å². The number of aromatic nitrogens is 2. The average molecular weight is 223 g/mol. The summed E-state index contributed by atoms with van der Waals surface area (Å²) in [6.45, 7) is 6.31. The molecule has 0 aliphatic rings. The van der Waals surface area contributed by atoms with E-state index in [0.717, 1.165) is 24.4 Å². The van der Waals surface area contributed by atoms with E-state index in [0.29, 0.717) is 12.0 Å². The third kappa shape index (κ3) is 3.06. The second-order valence-corrected chi connectivity index (χ2v) is 4.08. The van der Waals surface area contributed by atoms with Crippen molar-refractivity contribution in [2.45, 2.75) is 39.7 Å². The van der Waals surface area contributed by atoms with Crippen LogP contribution in [-0.2, 0) is 0 Å². The highest BCUT2D eigenvalue weighted by Gasteiger charge is 2.11. The van der Waals surface area contributed by atoms with Crippen LogP contribution in [0.3, 0.4) is 0 Å². The summed E-state index contributed by atoms with van der Waals surface area (Å²) in [5.41, 5.74) is 3.40. The number of hydrogen-bond donors (Lipinski definition) is 2. The molecule has 0 amide bonds. The lowest BCUT2D eigenvalue weighted by Gasteiger charge is -2.26. The van der Waals surface area contributed by atoms with E-state index in [9.17, 15) is 0 Å². The summed E-state index contributed by atoms with van der Waals surface area (Å²) in [7, 11) is 2.04. The van der Waals surface area contributed by atoms with Crippen molar-refractivity contribution < 1.29 is 0 Å². The first-order valence-corrected chi connectivity index (χ1v) is 5.63. The van der Waals surface area contributed by atoms with Crippen LogP contribution in [0.4, 0.5) is 11.8 Å². The number of rotatable bonds is 5. The molecule has 90 valence electrons. The van der Waals surface area contributed by atoms with E-state index >= 15 is 0 Å². The first-order valence-electron chi connectivity index (χ1n) is 5.63. The number of nitrogens with zero attached hydrogens (tertiary/aromatic N) is 3. The minimum atomic E-state index is 0.463. The fraction of sp³-hybridized carbons (Fsp3) is 0.636. The zero-order valence-corrected chi connectivity index (χ0v) is 10.5. The van der Waals surface area contributed by atoms with Crippen LogP contribution >= 0.6 is 0 Å². The molecular weight excluding hydrogens is 202 g/mol. The molecule has 0 bridgehead atoms. The lowest BCUT2D eigenvalue weighted by Crippen LogP contribution is -2.30. The van der Waals surface area contributed by atoms with E-state index in [-0.39, 0.29) is 0 Å². The zero-order valence-electron chi connectivity index (χ0n) is 10.5. The van der Waals surface area contributed by atoms with Gasteiger partial charge in [-0.3, -0.25) is 5.43 Å². The molecule has 1 unspecified atom stereocenters. The number of nitrogens with one attached hydrogen (secondary N) is 1. The molecule has 1 atom stereocenters. The topological polar surface area (TPSA) is 67.1 Å². The smallest absolute Gasteiger partial charge is 0.239 e. The predicted octanol–water partition coefficient (Wildman–Crippen LogP) is 1.70. The summed E-state index contributed by atoms with van der Waals surface area (Å²) in [4.78, 5) is 10.7. The molecule has 0 saturated heterocycles. The van der Waals surface area contributed by atoms with E-state index in [1.165, 1.54) is 0 Å². The van der Waals surface area contributed by atoms with Gasteiger partial charge >= 0.3 is 0 Å². The molecule has 0 aliphatic carbocycles. The summed E-state index contributed by atoms with van der Waals surface area (Å²) < 4.78 is 0. The SMILES string of the molecule is CCCC(C)N(C)c1cc(C)nc(NN)n1. The van der Waals surface area contributed by atoms with Gasteiger partial charge < -0.3 is 4.90 Å². The molecule has 0 spiro atoms. The second kappa shape index (κ2) is 5.65. The Morgan fingerprint density at radius 1 is 1.50 bits per heavy atom. The van der Waals surface area contributed by atoms with Gasteiger partial charge in [-0.05, 0) is 20.3 Å². The zero-order chi connectivity index (χ0) is 12.1. The predicted molar refractivity (Wildman–Crippen MR) is 67.4 cm³/mol. The highest BCUT2D eigenvalue weighted by Crippen LogP contribution is 2.17. The summed E-state index contributed by atoms with van der Waals surface area (Å²) in [6, 6.07) is 2.43. The molecule has 5 nitrogen and oxygen atoms in total. The molecule has 1 heterocycles. The molecule has 0 fully saturated rings. The molecule has 1 aromatic rings. The molecule has 3 N–H and O–H groups in total. The van der Waals surface area contributed by atoms with Crippen LogP contribution in [0.1, 0.15) is 32.4 Å². The lowest BCUT2D eigenvalue weighted by molar-refractivity contribution is 0.610. The van der Waals surface area contributed by atoms with Crippen molar-refractivity contribution in [1.29, 1.82) is 0 Å². The number of hydrogen-bond acceptors (Lipinski definition) is 5. The van der Waals surface area contributed by atoms with Crippen LogP contribution in [0.25, 0.3) is 0 Å². The Kier molecular flexibility index (Phi) is 4.49. The van der Waals surface area contributed by atoms with Gasteiger partial charge in [-0.15, -0.1) is 0 Å². The number of aryl methyl sites for hydroxylation is 1. The van der Waals surface area contributed by atoms with Gasteiger partial charge in [-0.25, -0.2) is 10.8 Å². The van der Waals surface area contributed by atoms with Gasteiger partial charge in [0.1, 0.15) is 5.82 Å². The van der Waals surface area contributed by atoms with Crippen molar-refractivity contribution in [1.82, 2.24) is 9.97 Å². The lowest BCUT2D eigenvalue weighted by atomic mass is 10.2. The van der Waals surface area contributed by atoms with Gasteiger partial charge in [-0.1, -0.05) is 13.3 Å². The van der Waals surface area contributed by atoms with Crippen molar-refractivity contribution in [3.63, 3.8) is 0 Å². The number of nitrogens with two attached hydrogens (primary N) is 1. The number of anilines is 2. The van der Waals surface area contributed by atoms with E-state index in [4.69, 9.17) is 5.84 Å². The molecule has 0 radical (unpaired) electrons.